The molecule has 0 fully saturated rings. The van der Waals surface area contributed by atoms with Gasteiger partial charge in [0.1, 0.15) is 12.4 Å². The molecule has 0 aliphatic rings. The van der Waals surface area contributed by atoms with Crippen molar-refractivity contribution in [2.75, 3.05) is 13.7 Å². The number of nitrogens with one attached hydrogen (secondary N) is 1. The fourth-order valence-corrected chi connectivity index (χ4v) is 2.85. The van der Waals surface area contributed by atoms with E-state index in [1.165, 1.54) is 7.11 Å². The number of rotatable bonds is 7. The second-order valence-electron chi connectivity index (χ2n) is 6.01. The van der Waals surface area contributed by atoms with Crippen LogP contribution in [0.15, 0.2) is 66.7 Å². The summed E-state index contributed by atoms with van der Waals surface area (Å²) in [5, 5.41) is 4.89. The maximum absolute atomic E-state index is 12.2. The van der Waals surface area contributed by atoms with E-state index >= 15 is 0 Å². The smallest absolute Gasteiger partial charge is 0.307 e. The van der Waals surface area contributed by atoms with Crippen LogP contribution < -0.4 is 10.1 Å². The third kappa shape index (κ3) is 4.64. The van der Waals surface area contributed by atoms with Gasteiger partial charge in [0.05, 0.1) is 19.1 Å². The molecule has 0 heterocycles. The highest BCUT2D eigenvalue weighted by molar-refractivity contribution is 5.97. The molecule has 0 saturated carbocycles. The summed E-state index contributed by atoms with van der Waals surface area (Å²) in [4.78, 5) is 24.2. The van der Waals surface area contributed by atoms with Crippen LogP contribution in [0, 0.1) is 0 Å². The zero-order chi connectivity index (χ0) is 19.1. The molecule has 0 saturated heterocycles. The van der Waals surface area contributed by atoms with Crippen LogP contribution in [-0.2, 0) is 16.1 Å². The highest BCUT2D eigenvalue weighted by Crippen LogP contribution is 2.19. The SMILES string of the molecule is COc1ccccc1C(=O)NCCC(=O)OCc1cccc2ccccc12. The molecule has 27 heavy (non-hydrogen) atoms. The van der Waals surface area contributed by atoms with E-state index in [2.05, 4.69) is 5.32 Å². The molecule has 0 radical (unpaired) electrons. The maximum Gasteiger partial charge on any atom is 0.307 e. The highest BCUT2D eigenvalue weighted by atomic mass is 16.5. The molecule has 0 bridgehead atoms. The van der Waals surface area contributed by atoms with Gasteiger partial charge >= 0.3 is 5.97 Å². The molecule has 0 aliphatic carbocycles. The van der Waals surface area contributed by atoms with E-state index in [4.69, 9.17) is 9.47 Å². The summed E-state index contributed by atoms with van der Waals surface area (Å²) < 4.78 is 10.5. The third-order valence-corrected chi connectivity index (χ3v) is 4.23. The predicted molar refractivity (Wildman–Crippen MR) is 104 cm³/mol. The van der Waals surface area contributed by atoms with Crippen molar-refractivity contribution in [2.45, 2.75) is 13.0 Å². The first-order valence-electron chi connectivity index (χ1n) is 8.72. The summed E-state index contributed by atoms with van der Waals surface area (Å²) in [6, 6.07) is 20.8. The molecule has 3 rings (SSSR count). The van der Waals surface area contributed by atoms with Crippen LogP contribution in [0.1, 0.15) is 22.3 Å². The van der Waals surface area contributed by atoms with E-state index in [0.29, 0.717) is 11.3 Å². The summed E-state index contributed by atoms with van der Waals surface area (Å²) in [5.74, 6) is -0.147. The van der Waals surface area contributed by atoms with Gasteiger partial charge < -0.3 is 14.8 Å². The molecular formula is C22H21NO4. The number of hydrogen-bond donors (Lipinski definition) is 1. The molecule has 0 aromatic heterocycles. The van der Waals surface area contributed by atoms with Crippen molar-refractivity contribution >= 4 is 22.6 Å². The minimum atomic E-state index is -0.358. The Hall–Kier alpha value is -3.34. The zero-order valence-electron chi connectivity index (χ0n) is 15.1. The molecule has 0 aliphatic heterocycles. The number of methoxy groups -OCH3 is 1. The third-order valence-electron chi connectivity index (χ3n) is 4.23. The quantitative estimate of drug-likeness (QED) is 0.650. The average molecular weight is 363 g/mol. The van der Waals surface area contributed by atoms with Crippen LogP contribution >= 0.6 is 0 Å². The van der Waals surface area contributed by atoms with Crippen LogP contribution in [0.5, 0.6) is 5.75 Å². The lowest BCUT2D eigenvalue weighted by Crippen LogP contribution is -2.26. The Bertz CT molecular complexity index is 946. The number of carbonyl (C=O) groups is 2. The fraction of sp³-hybridized carbons (Fsp3) is 0.182. The fourth-order valence-electron chi connectivity index (χ4n) is 2.85. The number of hydrogen-bond acceptors (Lipinski definition) is 4. The number of amides is 1. The van der Waals surface area contributed by atoms with Crippen LogP contribution in [-0.4, -0.2) is 25.5 Å². The number of ether oxygens (including phenoxy) is 2. The Morgan fingerprint density at radius 1 is 0.926 bits per heavy atom. The summed E-state index contributed by atoms with van der Waals surface area (Å²) in [7, 11) is 1.51. The molecule has 5 nitrogen and oxygen atoms in total. The monoisotopic (exact) mass is 363 g/mol. The van der Waals surface area contributed by atoms with Gasteiger partial charge in [-0.2, -0.15) is 0 Å². The van der Waals surface area contributed by atoms with Crippen molar-refractivity contribution in [3.05, 3.63) is 77.9 Å². The minimum Gasteiger partial charge on any atom is -0.496 e. The van der Waals surface area contributed by atoms with Gasteiger partial charge in [0, 0.05) is 6.54 Å². The van der Waals surface area contributed by atoms with E-state index in [9.17, 15) is 9.59 Å². The van der Waals surface area contributed by atoms with Crippen molar-refractivity contribution in [2.24, 2.45) is 0 Å². The maximum atomic E-state index is 12.2. The largest absolute Gasteiger partial charge is 0.496 e. The van der Waals surface area contributed by atoms with Gasteiger partial charge in [-0.05, 0) is 28.5 Å². The van der Waals surface area contributed by atoms with Crippen molar-refractivity contribution < 1.29 is 19.1 Å². The summed E-state index contributed by atoms with van der Waals surface area (Å²) in [6.45, 7) is 0.409. The van der Waals surface area contributed by atoms with Crippen LogP contribution in [0.4, 0.5) is 0 Å². The first-order valence-corrected chi connectivity index (χ1v) is 8.72. The van der Waals surface area contributed by atoms with Crippen LogP contribution in [0.3, 0.4) is 0 Å². The van der Waals surface area contributed by atoms with Gasteiger partial charge in [-0.1, -0.05) is 54.6 Å². The van der Waals surface area contributed by atoms with Crippen LogP contribution in [0.25, 0.3) is 10.8 Å². The van der Waals surface area contributed by atoms with Crippen molar-refractivity contribution in [3.63, 3.8) is 0 Å². The van der Waals surface area contributed by atoms with Gasteiger partial charge in [-0.15, -0.1) is 0 Å². The van der Waals surface area contributed by atoms with E-state index in [-0.39, 0.29) is 31.4 Å². The Morgan fingerprint density at radius 2 is 1.67 bits per heavy atom. The second kappa shape index (κ2) is 8.85. The molecule has 5 heteroatoms. The van der Waals surface area contributed by atoms with Crippen LogP contribution in [0.2, 0.25) is 0 Å². The topological polar surface area (TPSA) is 64.6 Å². The first kappa shape index (κ1) is 18.5. The van der Waals surface area contributed by atoms with Gasteiger partial charge in [0.2, 0.25) is 0 Å². The summed E-state index contributed by atoms with van der Waals surface area (Å²) in [5.41, 5.74) is 1.39. The van der Waals surface area contributed by atoms with Gasteiger partial charge in [-0.3, -0.25) is 9.59 Å². The number of para-hydroxylation sites is 1. The van der Waals surface area contributed by atoms with Gasteiger partial charge in [0.15, 0.2) is 0 Å². The lowest BCUT2D eigenvalue weighted by atomic mass is 10.1. The van der Waals surface area contributed by atoms with Crippen molar-refractivity contribution in [1.29, 1.82) is 0 Å². The molecule has 1 amide bonds. The standard InChI is InChI=1S/C22H21NO4/c1-26-20-12-5-4-11-19(20)22(25)23-14-13-21(24)27-15-17-9-6-8-16-7-2-3-10-18(16)17/h2-12H,13-15H2,1H3,(H,23,25). The Morgan fingerprint density at radius 3 is 2.52 bits per heavy atom. The van der Waals surface area contributed by atoms with Crippen molar-refractivity contribution in [3.8, 4) is 5.75 Å². The van der Waals surface area contributed by atoms with E-state index in [0.717, 1.165) is 16.3 Å². The first-order chi connectivity index (χ1) is 13.2. The number of carbonyl (C=O) groups excluding carboxylic acids is 2. The minimum absolute atomic E-state index is 0.103. The Labute approximate surface area is 157 Å². The molecule has 0 atom stereocenters. The number of fused-ring (bicyclic) bond motifs is 1. The summed E-state index contributed by atoms with van der Waals surface area (Å²) >= 11 is 0. The van der Waals surface area contributed by atoms with Gasteiger partial charge in [-0.25, -0.2) is 0 Å². The normalized spacial score (nSPS) is 10.4. The molecule has 1 N–H and O–H groups in total. The highest BCUT2D eigenvalue weighted by Gasteiger charge is 2.12. The molecule has 3 aromatic carbocycles. The number of benzene rings is 3. The molecule has 3 aromatic rings. The second-order valence-corrected chi connectivity index (χ2v) is 6.01. The molecule has 0 spiro atoms. The number of esters is 1. The van der Waals surface area contributed by atoms with E-state index < -0.39 is 0 Å². The van der Waals surface area contributed by atoms with E-state index in [1.54, 1.807) is 24.3 Å². The molecule has 138 valence electrons. The Kier molecular flexibility index (Phi) is 6.05. The lowest BCUT2D eigenvalue weighted by molar-refractivity contribution is -0.144. The van der Waals surface area contributed by atoms with E-state index in [1.807, 2.05) is 42.5 Å². The predicted octanol–water partition coefficient (Wildman–Crippen LogP) is 3.71. The summed E-state index contributed by atoms with van der Waals surface area (Å²) in [6.07, 6.45) is 0.103. The zero-order valence-corrected chi connectivity index (χ0v) is 15.1. The Balaban J connectivity index is 1.49. The molecule has 0 unspecified atom stereocenters. The average Bonchev–Trinajstić information content (AvgIpc) is 2.72. The lowest BCUT2D eigenvalue weighted by Gasteiger charge is -2.10. The van der Waals surface area contributed by atoms with Crippen molar-refractivity contribution in [1.82, 2.24) is 5.32 Å². The van der Waals surface area contributed by atoms with Gasteiger partial charge in [0.25, 0.3) is 5.91 Å². The molecular weight excluding hydrogens is 342 g/mol.